The van der Waals surface area contributed by atoms with Gasteiger partial charge in [0.1, 0.15) is 0 Å². The lowest BCUT2D eigenvalue weighted by Gasteiger charge is -2.35. The van der Waals surface area contributed by atoms with E-state index in [1.54, 1.807) is 0 Å². The number of likely N-dealkylation sites (tertiary alicyclic amines) is 1. The van der Waals surface area contributed by atoms with Gasteiger partial charge >= 0.3 is 5.97 Å². The Bertz CT molecular complexity index is 270. The maximum Gasteiger partial charge on any atom is 0.303 e. The Balaban J connectivity index is 2.37. The number of terminal acetylenes is 1. The number of hydrogen-bond donors (Lipinski definition) is 1. The third-order valence-corrected chi connectivity index (χ3v) is 3.42. The number of carboxylic acid groups (broad SMARTS) is 1. The molecule has 0 spiro atoms. The maximum atomic E-state index is 10.7. The van der Waals surface area contributed by atoms with E-state index in [4.69, 9.17) is 11.5 Å². The highest BCUT2D eigenvalue weighted by Gasteiger charge is 2.25. The highest BCUT2D eigenvalue weighted by molar-refractivity contribution is 5.66. The first-order chi connectivity index (χ1) is 7.63. The Morgan fingerprint density at radius 3 is 3.06 bits per heavy atom. The number of aliphatic carboxylic acids is 1. The first-order valence-electron chi connectivity index (χ1n) is 6.01. The summed E-state index contributed by atoms with van der Waals surface area (Å²) in [6.45, 7) is 5.12. The molecule has 0 aromatic carbocycles. The molecular weight excluding hydrogens is 202 g/mol. The molecule has 3 heteroatoms. The van der Waals surface area contributed by atoms with Crippen LogP contribution in [0.3, 0.4) is 0 Å². The molecule has 0 amide bonds. The van der Waals surface area contributed by atoms with Crippen LogP contribution in [0.25, 0.3) is 0 Å². The topological polar surface area (TPSA) is 40.5 Å². The van der Waals surface area contributed by atoms with Crippen molar-refractivity contribution in [1.29, 1.82) is 0 Å². The van der Waals surface area contributed by atoms with E-state index in [1.807, 2.05) is 6.92 Å². The van der Waals surface area contributed by atoms with Gasteiger partial charge in [0.15, 0.2) is 0 Å². The normalized spacial score (nSPS) is 23.6. The van der Waals surface area contributed by atoms with Crippen LogP contribution < -0.4 is 0 Å². The van der Waals surface area contributed by atoms with Crippen LogP contribution in [0, 0.1) is 24.2 Å². The molecule has 2 atom stereocenters. The fourth-order valence-electron chi connectivity index (χ4n) is 2.42. The summed E-state index contributed by atoms with van der Waals surface area (Å²) in [4.78, 5) is 13.0. The summed E-state index contributed by atoms with van der Waals surface area (Å²) in [5.41, 5.74) is 0. The third kappa shape index (κ3) is 4.24. The lowest BCUT2D eigenvalue weighted by atomic mass is 9.84. The Kier molecular flexibility index (Phi) is 5.34. The smallest absolute Gasteiger partial charge is 0.303 e. The second kappa shape index (κ2) is 6.55. The van der Waals surface area contributed by atoms with Crippen LogP contribution in [0.5, 0.6) is 0 Å². The summed E-state index contributed by atoms with van der Waals surface area (Å²) in [5.74, 6) is 2.75. The number of piperidine rings is 1. The van der Waals surface area contributed by atoms with Crippen LogP contribution in [0.15, 0.2) is 0 Å². The van der Waals surface area contributed by atoms with E-state index in [9.17, 15) is 4.79 Å². The molecule has 1 aliphatic rings. The van der Waals surface area contributed by atoms with E-state index in [1.165, 1.54) is 6.42 Å². The van der Waals surface area contributed by atoms with E-state index in [0.29, 0.717) is 5.92 Å². The van der Waals surface area contributed by atoms with Crippen molar-refractivity contribution in [2.24, 2.45) is 11.8 Å². The summed E-state index contributed by atoms with van der Waals surface area (Å²) in [5, 5.41) is 8.78. The van der Waals surface area contributed by atoms with Gasteiger partial charge < -0.3 is 10.0 Å². The minimum Gasteiger partial charge on any atom is -0.481 e. The molecule has 2 unspecified atom stereocenters. The number of rotatable bonds is 5. The second-order valence-corrected chi connectivity index (χ2v) is 4.73. The predicted molar refractivity (Wildman–Crippen MR) is 64.0 cm³/mol. The number of nitrogens with zero attached hydrogens (tertiary/aromatic N) is 1. The predicted octanol–water partition coefficient (Wildman–Crippen LogP) is 1.83. The minimum absolute atomic E-state index is 0.270. The zero-order valence-corrected chi connectivity index (χ0v) is 9.98. The molecule has 16 heavy (non-hydrogen) atoms. The summed E-state index contributed by atoms with van der Waals surface area (Å²) in [6.07, 6.45) is 8.65. The first-order valence-corrected chi connectivity index (χ1v) is 6.01. The van der Waals surface area contributed by atoms with Gasteiger partial charge in [-0.05, 0) is 31.2 Å². The number of hydrogen-bond acceptors (Lipinski definition) is 2. The molecule has 1 saturated heterocycles. The van der Waals surface area contributed by atoms with Gasteiger partial charge in [-0.15, -0.1) is 12.3 Å². The van der Waals surface area contributed by atoms with Gasteiger partial charge in [0, 0.05) is 25.9 Å². The molecule has 1 N–H and O–H groups in total. The van der Waals surface area contributed by atoms with Crippen molar-refractivity contribution in [1.82, 2.24) is 4.90 Å². The quantitative estimate of drug-likeness (QED) is 0.723. The van der Waals surface area contributed by atoms with E-state index in [0.717, 1.165) is 32.5 Å². The zero-order valence-electron chi connectivity index (χ0n) is 9.98. The Hall–Kier alpha value is -1.01. The molecule has 0 saturated carbocycles. The lowest BCUT2D eigenvalue weighted by Crippen LogP contribution is -2.38. The number of carbonyl (C=O) groups is 1. The van der Waals surface area contributed by atoms with Crippen molar-refractivity contribution in [2.45, 2.75) is 32.6 Å². The Morgan fingerprint density at radius 2 is 2.44 bits per heavy atom. The van der Waals surface area contributed by atoms with E-state index < -0.39 is 5.97 Å². The molecule has 1 aliphatic heterocycles. The fraction of sp³-hybridized carbons (Fsp3) is 0.769. The van der Waals surface area contributed by atoms with E-state index in [-0.39, 0.29) is 12.3 Å². The average Bonchev–Trinajstić information content (AvgIpc) is 2.26. The van der Waals surface area contributed by atoms with E-state index in [2.05, 4.69) is 10.8 Å². The highest BCUT2D eigenvalue weighted by atomic mass is 16.4. The van der Waals surface area contributed by atoms with Gasteiger partial charge in [-0.1, -0.05) is 6.92 Å². The molecule has 0 aliphatic carbocycles. The summed E-state index contributed by atoms with van der Waals surface area (Å²) in [6, 6.07) is 0. The van der Waals surface area contributed by atoms with Gasteiger partial charge in [0.2, 0.25) is 0 Å². The molecule has 0 bridgehead atoms. The van der Waals surface area contributed by atoms with Crippen LogP contribution >= 0.6 is 0 Å². The van der Waals surface area contributed by atoms with Gasteiger partial charge in [-0.3, -0.25) is 4.79 Å². The standard InChI is InChI=1S/C13H21NO2/c1-3-4-7-14-8-5-6-12(10-14)11(2)9-13(15)16/h1,11-12H,4-10H2,2H3,(H,15,16). The molecule has 1 fully saturated rings. The Morgan fingerprint density at radius 1 is 1.69 bits per heavy atom. The first kappa shape index (κ1) is 13.1. The zero-order chi connectivity index (χ0) is 12.0. The van der Waals surface area contributed by atoms with Crippen LogP contribution in [0.2, 0.25) is 0 Å². The second-order valence-electron chi connectivity index (χ2n) is 4.73. The van der Waals surface area contributed by atoms with Gasteiger partial charge in [-0.25, -0.2) is 0 Å². The molecule has 0 aromatic heterocycles. The average molecular weight is 223 g/mol. The molecule has 0 radical (unpaired) electrons. The van der Waals surface area contributed by atoms with Crippen molar-refractivity contribution in [3.8, 4) is 12.3 Å². The highest BCUT2D eigenvalue weighted by Crippen LogP contribution is 2.25. The van der Waals surface area contributed by atoms with Gasteiger partial charge in [0.05, 0.1) is 0 Å². The van der Waals surface area contributed by atoms with E-state index >= 15 is 0 Å². The molecule has 3 nitrogen and oxygen atoms in total. The fourth-order valence-corrected chi connectivity index (χ4v) is 2.42. The molecular formula is C13H21NO2. The minimum atomic E-state index is -0.687. The van der Waals surface area contributed by atoms with Crippen molar-refractivity contribution >= 4 is 5.97 Å². The van der Waals surface area contributed by atoms with Crippen molar-refractivity contribution in [3.63, 3.8) is 0 Å². The third-order valence-electron chi connectivity index (χ3n) is 3.42. The SMILES string of the molecule is C#CCCN1CCCC(C(C)CC(=O)O)C1. The molecule has 1 rings (SSSR count). The van der Waals surface area contributed by atoms with Crippen molar-refractivity contribution in [2.75, 3.05) is 19.6 Å². The molecule has 1 heterocycles. The van der Waals surface area contributed by atoms with Crippen LogP contribution in [-0.4, -0.2) is 35.6 Å². The van der Waals surface area contributed by atoms with Crippen LogP contribution in [0.4, 0.5) is 0 Å². The van der Waals surface area contributed by atoms with Crippen LogP contribution in [-0.2, 0) is 4.79 Å². The van der Waals surface area contributed by atoms with Gasteiger partial charge in [0.25, 0.3) is 0 Å². The summed E-state index contributed by atoms with van der Waals surface area (Å²) >= 11 is 0. The number of carboxylic acids is 1. The monoisotopic (exact) mass is 223 g/mol. The largest absolute Gasteiger partial charge is 0.481 e. The van der Waals surface area contributed by atoms with Crippen LogP contribution in [0.1, 0.15) is 32.6 Å². The molecule has 0 aromatic rings. The summed E-state index contributed by atoms with van der Waals surface area (Å²) < 4.78 is 0. The Labute approximate surface area is 97.8 Å². The summed E-state index contributed by atoms with van der Waals surface area (Å²) in [7, 11) is 0. The van der Waals surface area contributed by atoms with Gasteiger partial charge in [-0.2, -0.15) is 0 Å². The molecule has 90 valence electrons. The maximum absolute atomic E-state index is 10.7. The van der Waals surface area contributed by atoms with Crippen molar-refractivity contribution in [3.05, 3.63) is 0 Å². The van der Waals surface area contributed by atoms with Crippen molar-refractivity contribution < 1.29 is 9.90 Å². The lowest BCUT2D eigenvalue weighted by molar-refractivity contribution is -0.138.